The fourth-order valence-corrected chi connectivity index (χ4v) is 1.41. The van der Waals surface area contributed by atoms with Crippen molar-refractivity contribution in [2.75, 3.05) is 0 Å². The number of ether oxygens (including phenoxy) is 1. The lowest BCUT2D eigenvalue weighted by atomic mass is 10.1. The van der Waals surface area contributed by atoms with Gasteiger partial charge in [-0.15, -0.1) is 0 Å². The summed E-state index contributed by atoms with van der Waals surface area (Å²) in [7, 11) is 0. The minimum atomic E-state index is 0.170. The first-order valence-electron chi connectivity index (χ1n) is 5.44. The number of carbonyl (C=O) groups is 1. The van der Waals surface area contributed by atoms with Gasteiger partial charge in [-0.25, -0.2) is 0 Å². The van der Waals surface area contributed by atoms with Crippen LogP contribution in [0.4, 0.5) is 0 Å². The topological polar surface area (TPSA) is 26.3 Å². The van der Waals surface area contributed by atoms with Crippen LogP contribution >= 0.6 is 0 Å². The lowest BCUT2D eigenvalue weighted by molar-refractivity contribution is -0.134. The average Bonchev–Trinajstić information content (AvgIpc) is 2.14. The fraction of sp³-hybridized carbons (Fsp3) is 0.909. The van der Waals surface area contributed by atoms with Crippen LogP contribution in [-0.2, 0) is 9.53 Å². The van der Waals surface area contributed by atoms with Crippen LogP contribution in [0.2, 0.25) is 0 Å². The summed E-state index contributed by atoms with van der Waals surface area (Å²) in [6, 6.07) is 0. The van der Waals surface area contributed by atoms with Crippen LogP contribution in [0.15, 0.2) is 0 Å². The van der Waals surface area contributed by atoms with Crippen molar-refractivity contribution in [2.45, 2.75) is 64.9 Å². The number of rotatable bonds is 9. The van der Waals surface area contributed by atoms with Crippen molar-refractivity contribution >= 4 is 6.47 Å². The van der Waals surface area contributed by atoms with Gasteiger partial charge in [0.2, 0.25) is 0 Å². The molecule has 0 aliphatic heterocycles. The van der Waals surface area contributed by atoms with Crippen LogP contribution < -0.4 is 0 Å². The molecule has 0 bridgehead atoms. The Morgan fingerprint density at radius 1 is 1.08 bits per heavy atom. The maximum atomic E-state index is 10.2. The molecule has 1 atom stereocenters. The molecular formula is C11H22O2. The van der Waals surface area contributed by atoms with E-state index in [1.807, 2.05) is 0 Å². The summed E-state index contributed by atoms with van der Waals surface area (Å²) in [5.74, 6) is 0. The molecule has 0 amide bonds. The van der Waals surface area contributed by atoms with E-state index in [2.05, 4.69) is 13.8 Å². The van der Waals surface area contributed by atoms with E-state index in [0.29, 0.717) is 6.47 Å². The highest BCUT2D eigenvalue weighted by Gasteiger charge is 2.07. The molecule has 0 spiro atoms. The van der Waals surface area contributed by atoms with Gasteiger partial charge in [-0.2, -0.15) is 0 Å². The summed E-state index contributed by atoms with van der Waals surface area (Å²) >= 11 is 0. The molecule has 78 valence electrons. The van der Waals surface area contributed by atoms with Crippen molar-refractivity contribution in [1.82, 2.24) is 0 Å². The van der Waals surface area contributed by atoms with E-state index in [-0.39, 0.29) is 6.10 Å². The number of hydrogen-bond acceptors (Lipinski definition) is 2. The van der Waals surface area contributed by atoms with Crippen molar-refractivity contribution < 1.29 is 9.53 Å². The van der Waals surface area contributed by atoms with Crippen molar-refractivity contribution in [3.8, 4) is 0 Å². The Morgan fingerprint density at radius 3 is 2.23 bits per heavy atom. The van der Waals surface area contributed by atoms with Gasteiger partial charge in [-0.3, -0.25) is 4.79 Å². The summed E-state index contributed by atoms with van der Waals surface area (Å²) in [5.41, 5.74) is 0. The molecule has 2 heteroatoms. The second kappa shape index (κ2) is 9.56. The zero-order valence-corrected chi connectivity index (χ0v) is 8.92. The molecule has 0 saturated carbocycles. The second-order valence-corrected chi connectivity index (χ2v) is 3.49. The standard InChI is InChI=1S/C11H22O2/c1-3-5-7-9-11(13-10-12)8-6-4-2/h10-11H,3-9H2,1-2H3. The quantitative estimate of drug-likeness (QED) is 0.408. The van der Waals surface area contributed by atoms with Gasteiger partial charge in [0.1, 0.15) is 6.10 Å². The van der Waals surface area contributed by atoms with Gasteiger partial charge in [0, 0.05) is 0 Å². The van der Waals surface area contributed by atoms with Gasteiger partial charge in [-0.05, 0) is 19.3 Å². The van der Waals surface area contributed by atoms with Crippen molar-refractivity contribution in [2.24, 2.45) is 0 Å². The van der Waals surface area contributed by atoms with E-state index in [9.17, 15) is 4.79 Å². The van der Waals surface area contributed by atoms with Gasteiger partial charge in [0.05, 0.1) is 0 Å². The summed E-state index contributed by atoms with van der Waals surface area (Å²) in [6.07, 6.45) is 8.21. The van der Waals surface area contributed by atoms with Crippen LogP contribution in [0.5, 0.6) is 0 Å². The number of unbranched alkanes of at least 4 members (excludes halogenated alkanes) is 3. The molecular weight excluding hydrogens is 164 g/mol. The van der Waals surface area contributed by atoms with Crippen molar-refractivity contribution in [3.05, 3.63) is 0 Å². The van der Waals surface area contributed by atoms with Gasteiger partial charge in [0.15, 0.2) is 0 Å². The Kier molecular flexibility index (Phi) is 9.17. The highest BCUT2D eigenvalue weighted by atomic mass is 16.5. The Balaban J connectivity index is 3.47. The molecule has 0 aliphatic rings. The smallest absolute Gasteiger partial charge is 0.293 e. The highest BCUT2D eigenvalue weighted by Crippen LogP contribution is 2.12. The van der Waals surface area contributed by atoms with E-state index in [1.54, 1.807) is 0 Å². The third-order valence-electron chi connectivity index (χ3n) is 2.26. The van der Waals surface area contributed by atoms with Gasteiger partial charge < -0.3 is 4.74 Å². The summed E-state index contributed by atoms with van der Waals surface area (Å²) < 4.78 is 5.01. The lowest BCUT2D eigenvalue weighted by Gasteiger charge is -2.13. The predicted octanol–water partition coefficient (Wildman–Crippen LogP) is 3.30. The first kappa shape index (κ1) is 12.5. The largest absolute Gasteiger partial charge is 0.465 e. The molecule has 0 saturated heterocycles. The van der Waals surface area contributed by atoms with Gasteiger partial charge >= 0.3 is 0 Å². The monoisotopic (exact) mass is 186 g/mol. The van der Waals surface area contributed by atoms with Crippen LogP contribution in [0.3, 0.4) is 0 Å². The van der Waals surface area contributed by atoms with Crippen molar-refractivity contribution in [3.63, 3.8) is 0 Å². The summed E-state index contributed by atoms with van der Waals surface area (Å²) in [6.45, 7) is 4.93. The van der Waals surface area contributed by atoms with E-state index in [1.165, 1.54) is 25.7 Å². The van der Waals surface area contributed by atoms with Gasteiger partial charge in [-0.1, -0.05) is 39.5 Å². The molecule has 0 radical (unpaired) electrons. The fourth-order valence-electron chi connectivity index (χ4n) is 1.41. The second-order valence-electron chi connectivity index (χ2n) is 3.49. The van der Waals surface area contributed by atoms with Crippen LogP contribution in [0.25, 0.3) is 0 Å². The summed E-state index contributed by atoms with van der Waals surface area (Å²) in [5, 5.41) is 0. The Morgan fingerprint density at radius 2 is 1.69 bits per heavy atom. The highest BCUT2D eigenvalue weighted by molar-refractivity contribution is 5.37. The molecule has 2 nitrogen and oxygen atoms in total. The summed E-state index contributed by atoms with van der Waals surface area (Å²) in [4.78, 5) is 10.2. The third-order valence-corrected chi connectivity index (χ3v) is 2.26. The minimum absolute atomic E-state index is 0.170. The molecule has 0 aromatic heterocycles. The zero-order chi connectivity index (χ0) is 9.94. The maximum absolute atomic E-state index is 10.2. The Labute approximate surface area is 81.7 Å². The normalized spacial score (nSPS) is 12.5. The molecule has 13 heavy (non-hydrogen) atoms. The maximum Gasteiger partial charge on any atom is 0.293 e. The van der Waals surface area contributed by atoms with E-state index in [0.717, 1.165) is 19.3 Å². The van der Waals surface area contributed by atoms with Crippen molar-refractivity contribution in [1.29, 1.82) is 0 Å². The van der Waals surface area contributed by atoms with E-state index in [4.69, 9.17) is 4.74 Å². The first-order valence-corrected chi connectivity index (χ1v) is 5.44. The first-order chi connectivity index (χ1) is 6.35. The zero-order valence-electron chi connectivity index (χ0n) is 8.92. The molecule has 0 aromatic carbocycles. The number of carbonyl (C=O) groups excluding carboxylic acids is 1. The number of hydrogen-bond donors (Lipinski definition) is 0. The third kappa shape index (κ3) is 7.82. The molecule has 1 unspecified atom stereocenters. The molecule has 0 heterocycles. The Bertz CT molecular complexity index is 113. The predicted molar refractivity (Wildman–Crippen MR) is 54.6 cm³/mol. The van der Waals surface area contributed by atoms with Crippen LogP contribution in [0, 0.1) is 0 Å². The molecule has 0 aromatic rings. The van der Waals surface area contributed by atoms with E-state index >= 15 is 0 Å². The lowest BCUT2D eigenvalue weighted by Crippen LogP contribution is -2.11. The molecule has 0 fully saturated rings. The molecule has 0 N–H and O–H groups in total. The molecule has 0 rings (SSSR count). The Hall–Kier alpha value is -0.530. The van der Waals surface area contributed by atoms with Crippen LogP contribution in [0.1, 0.15) is 58.8 Å². The van der Waals surface area contributed by atoms with Gasteiger partial charge in [0.25, 0.3) is 6.47 Å². The SMILES string of the molecule is CCCCCC(CCCC)OC=O. The van der Waals surface area contributed by atoms with E-state index < -0.39 is 0 Å². The van der Waals surface area contributed by atoms with Crippen LogP contribution in [-0.4, -0.2) is 12.6 Å². The average molecular weight is 186 g/mol. The minimum Gasteiger partial charge on any atom is -0.465 e. The molecule has 0 aliphatic carbocycles.